The lowest BCUT2D eigenvalue weighted by atomic mass is 10.0. The highest BCUT2D eigenvalue weighted by molar-refractivity contribution is 6.42. The van der Waals surface area contributed by atoms with Gasteiger partial charge < -0.3 is 10.2 Å². The van der Waals surface area contributed by atoms with Gasteiger partial charge in [0.15, 0.2) is 0 Å². The SMILES string of the molecule is CCNC(=O)[C@@H](Cc1ccccc1)N(Cc1cccc(Cl)c1)C(=O)Cc1ccc(Cl)c(Cl)c1. The average Bonchev–Trinajstić information content (AvgIpc) is 2.79. The quantitative estimate of drug-likeness (QED) is 0.391. The number of benzene rings is 3. The third-order valence-corrected chi connectivity index (χ3v) is 6.18. The first-order valence-corrected chi connectivity index (χ1v) is 11.8. The van der Waals surface area contributed by atoms with Gasteiger partial charge in [-0.15, -0.1) is 0 Å². The monoisotopic (exact) mass is 502 g/mol. The van der Waals surface area contributed by atoms with E-state index in [2.05, 4.69) is 5.32 Å². The molecule has 0 fully saturated rings. The largest absolute Gasteiger partial charge is 0.355 e. The van der Waals surface area contributed by atoms with Gasteiger partial charge in [-0.1, -0.05) is 83.3 Å². The normalized spacial score (nSPS) is 11.6. The number of likely N-dealkylation sites (N-methyl/N-ethyl adjacent to an activating group) is 1. The summed E-state index contributed by atoms with van der Waals surface area (Å²) in [5.74, 6) is -0.397. The van der Waals surface area contributed by atoms with Gasteiger partial charge in [0.2, 0.25) is 11.8 Å². The van der Waals surface area contributed by atoms with Gasteiger partial charge in [-0.3, -0.25) is 9.59 Å². The number of hydrogen-bond acceptors (Lipinski definition) is 2. The molecule has 3 rings (SSSR count). The molecule has 0 saturated carbocycles. The zero-order chi connectivity index (χ0) is 23.8. The lowest BCUT2D eigenvalue weighted by Gasteiger charge is -2.31. The first kappa shape index (κ1) is 25.1. The minimum atomic E-state index is -0.693. The molecule has 0 spiro atoms. The van der Waals surface area contributed by atoms with Crippen molar-refractivity contribution in [3.63, 3.8) is 0 Å². The van der Waals surface area contributed by atoms with Gasteiger partial charge >= 0.3 is 0 Å². The van der Waals surface area contributed by atoms with Crippen molar-refractivity contribution in [1.82, 2.24) is 10.2 Å². The fourth-order valence-corrected chi connectivity index (χ4v) is 4.14. The maximum Gasteiger partial charge on any atom is 0.243 e. The minimum Gasteiger partial charge on any atom is -0.355 e. The Hall–Kier alpha value is -2.53. The maximum atomic E-state index is 13.6. The van der Waals surface area contributed by atoms with Crippen LogP contribution < -0.4 is 5.32 Å². The predicted octanol–water partition coefficient (Wildman–Crippen LogP) is 5.97. The summed E-state index contributed by atoms with van der Waals surface area (Å²) in [7, 11) is 0. The number of carbonyl (C=O) groups is 2. The van der Waals surface area contributed by atoms with Crippen molar-refractivity contribution in [2.75, 3.05) is 6.54 Å². The molecule has 0 heterocycles. The molecule has 0 aliphatic heterocycles. The van der Waals surface area contributed by atoms with Crippen LogP contribution in [0.4, 0.5) is 0 Å². The summed E-state index contributed by atoms with van der Waals surface area (Å²) in [4.78, 5) is 28.3. The van der Waals surface area contributed by atoms with Gasteiger partial charge in [0.05, 0.1) is 16.5 Å². The predicted molar refractivity (Wildman–Crippen MR) is 135 cm³/mol. The lowest BCUT2D eigenvalue weighted by Crippen LogP contribution is -2.50. The molecule has 0 unspecified atom stereocenters. The summed E-state index contributed by atoms with van der Waals surface area (Å²) in [6.45, 7) is 2.57. The van der Waals surface area contributed by atoms with Crippen LogP contribution in [0.25, 0.3) is 0 Å². The van der Waals surface area contributed by atoms with Crippen molar-refractivity contribution in [3.8, 4) is 0 Å². The molecule has 0 saturated heterocycles. The van der Waals surface area contributed by atoms with Crippen LogP contribution in [0.3, 0.4) is 0 Å². The van der Waals surface area contributed by atoms with E-state index in [0.717, 1.165) is 16.7 Å². The smallest absolute Gasteiger partial charge is 0.243 e. The molecule has 172 valence electrons. The number of halogens is 3. The number of nitrogens with zero attached hydrogens (tertiary/aromatic N) is 1. The number of carbonyl (C=O) groups excluding carboxylic acids is 2. The summed E-state index contributed by atoms with van der Waals surface area (Å²) < 4.78 is 0. The second kappa shape index (κ2) is 12.1. The number of hydrogen-bond donors (Lipinski definition) is 1. The zero-order valence-corrected chi connectivity index (χ0v) is 20.5. The van der Waals surface area contributed by atoms with Gasteiger partial charge in [-0.05, 0) is 47.9 Å². The third kappa shape index (κ3) is 7.23. The van der Waals surface area contributed by atoms with E-state index in [-0.39, 0.29) is 24.8 Å². The summed E-state index contributed by atoms with van der Waals surface area (Å²) in [5.41, 5.74) is 2.53. The van der Waals surface area contributed by atoms with Crippen LogP contribution in [0.15, 0.2) is 72.8 Å². The van der Waals surface area contributed by atoms with E-state index in [1.54, 1.807) is 35.2 Å². The summed E-state index contributed by atoms with van der Waals surface area (Å²) in [6, 6.07) is 21.4. The lowest BCUT2D eigenvalue weighted by molar-refractivity contribution is -0.140. The molecule has 2 amide bonds. The summed E-state index contributed by atoms with van der Waals surface area (Å²) in [5, 5.41) is 4.26. The third-order valence-electron chi connectivity index (χ3n) is 5.20. The van der Waals surface area contributed by atoms with E-state index in [9.17, 15) is 9.59 Å². The van der Waals surface area contributed by atoms with Crippen molar-refractivity contribution < 1.29 is 9.59 Å². The molecule has 7 heteroatoms. The molecule has 0 radical (unpaired) electrons. The van der Waals surface area contributed by atoms with Crippen LogP contribution in [-0.2, 0) is 29.0 Å². The fraction of sp³-hybridized carbons (Fsp3) is 0.231. The number of rotatable bonds is 9. The van der Waals surface area contributed by atoms with Crippen LogP contribution in [0.5, 0.6) is 0 Å². The summed E-state index contributed by atoms with van der Waals surface area (Å²) >= 11 is 18.4. The van der Waals surface area contributed by atoms with E-state index < -0.39 is 6.04 Å². The Balaban J connectivity index is 1.96. The van der Waals surface area contributed by atoms with Crippen LogP contribution in [-0.4, -0.2) is 29.3 Å². The number of amides is 2. The van der Waals surface area contributed by atoms with Crippen molar-refractivity contribution in [2.45, 2.75) is 32.4 Å². The molecule has 0 bridgehead atoms. The van der Waals surface area contributed by atoms with Crippen LogP contribution in [0.2, 0.25) is 15.1 Å². The molecule has 0 aliphatic carbocycles. The van der Waals surface area contributed by atoms with Crippen molar-refractivity contribution in [2.24, 2.45) is 0 Å². The van der Waals surface area contributed by atoms with Crippen LogP contribution in [0.1, 0.15) is 23.6 Å². The Bertz CT molecular complexity index is 1110. The second-order valence-electron chi connectivity index (χ2n) is 7.68. The second-order valence-corrected chi connectivity index (χ2v) is 8.93. The molecule has 33 heavy (non-hydrogen) atoms. The van der Waals surface area contributed by atoms with Gasteiger partial charge in [0.1, 0.15) is 6.04 Å². The highest BCUT2D eigenvalue weighted by Gasteiger charge is 2.30. The first-order valence-electron chi connectivity index (χ1n) is 10.7. The number of nitrogens with one attached hydrogen (secondary N) is 1. The highest BCUT2D eigenvalue weighted by Crippen LogP contribution is 2.24. The molecule has 3 aromatic carbocycles. The van der Waals surface area contributed by atoms with E-state index in [1.165, 1.54) is 0 Å². The first-order chi connectivity index (χ1) is 15.9. The molecular formula is C26H25Cl3N2O2. The van der Waals surface area contributed by atoms with Crippen molar-refractivity contribution in [1.29, 1.82) is 0 Å². The Morgan fingerprint density at radius 1 is 0.848 bits per heavy atom. The molecule has 3 aromatic rings. The van der Waals surface area contributed by atoms with Gasteiger partial charge in [0.25, 0.3) is 0 Å². The molecule has 0 aliphatic rings. The molecule has 0 aromatic heterocycles. The van der Waals surface area contributed by atoms with E-state index in [0.29, 0.717) is 28.0 Å². The average molecular weight is 504 g/mol. The Morgan fingerprint density at radius 2 is 1.58 bits per heavy atom. The molecule has 1 N–H and O–H groups in total. The van der Waals surface area contributed by atoms with Gasteiger partial charge in [-0.2, -0.15) is 0 Å². The molecule has 1 atom stereocenters. The Kier molecular flexibility index (Phi) is 9.19. The Labute approximate surface area is 209 Å². The standard InChI is InChI=1S/C26H25Cl3N2O2/c1-2-30-26(33)24(15-18-7-4-3-5-8-18)31(17-20-9-6-10-21(27)13-20)25(32)16-19-11-12-22(28)23(29)14-19/h3-14,24H,2,15-17H2,1H3,(H,30,33)/t24-/m1/s1. The van der Waals surface area contributed by atoms with E-state index in [4.69, 9.17) is 34.8 Å². The fourth-order valence-electron chi connectivity index (χ4n) is 3.60. The Morgan fingerprint density at radius 3 is 2.24 bits per heavy atom. The van der Waals surface area contributed by atoms with E-state index >= 15 is 0 Å². The van der Waals surface area contributed by atoms with Crippen molar-refractivity contribution >= 4 is 46.6 Å². The summed E-state index contributed by atoms with van der Waals surface area (Å²) in [6.07, 6.45) is 0.475. The van der Waals surface area contributed by atoms with Crippen molar-refractivity contribution in [3.05, 3.63) is 105 Å². The minimum absolute atomic E-state index is 0.0855. The molecule has 4 nitrogen and oxygen atoms in total. The van der Waals surface area contributed by atoms with E-state index in [1.807, 2.05) is 49.4 Å². The van der Waals surface area contributed by atoms with Crippen LogP contribution >= 0.6 is 34.8 Å². The van der Waals surface area contributed by atoms with Crippen LogP contribution in [0, 0.1) is 0 Å². The maximum absolute atomic E-state index is 13.6. The van der Waals surface area contributed by atoms with Gasteiger partial charge in [0, 0.05) is 24.5 Å². The topological polar surface area (TPSA) is 49.4 Å². The highest BCUT2D eigenvalue weighted by atomic mass is 35.5. The van der Waals surface area contributed by atoms with Gasteiger partial charge in [-0.25, -0.2) is 0 Å². The molecular weight excluding hydrogens is 479 g/mol. The zero-order valence-electron chi connectivity index (χ0n) is 18.2.